The highest BCUT2D eigenvalue weighted by Crippen LogP contribution is 2.10. The summed E-state index contributed by atoms with van der Waals surface area (Å²) in [5, 5.41) is 2.60. The van der Waals surface area contributed by atoms with Crippen LogP contribution in [-0.2, 0) is 9.53 Å². The van der Waals surface area contributed by atoms with E-state index in [1.165, 1.54) is 25.4 Å². The average Bonchev–Trinajstić information content (AvgIpc) is 2.42. The fraction of sp³-hybridized carbons (Fsp3) is 0.462. The fourth-order valence-electron chi connectivity index (χ4n) is 1.61. The first-order valence-electron chi connectivity index (χ1n) is 6.07. The van der Waals surface area contributed by atoms with Gasteiger partial charge in [0.1, 0.15) is 6.04 Å². The summed E-state index contributed by atoms with van der Waals surface area (Å²) in [6.45, 7) is 3.76. The number of carbonyl (C=O) groups is 2. The Hall–Kier alpha value is -2.11. The van der Waals surface area contributed by atoms with Gasteiger partial charge < -0.3 is 15.0 Å². The maximum atomic E-state index is 12.0. The Bertz CT molecular complexity index is 509. The Kier molecular flexibility index (Phi) is 5.29. The van der Waals surface area contributed by atoms with Gasteiger partial charge in [-0.1, -0.05) is 20.3 Å². The van der Waals surface area contributed by atoms with Gasteiger partial charge in [0, 0.05) is 17.8 Å². The van der Waals surface area contributed by atoms with Crippen LogP contribution in [0.3, 0.4) is 0 Å². The number of amides is 1. The van der Waals surface area contributed by atoms with E-state index in [0.717, 1.165) is 6.42 Å². The molecule has 6 nitrogen and oxygen atoms in total. The van der Waals surface area contributed by atoms with Crippen molar-refractivity contribution in [1.82, 2.24) is 10.3 Å². The number of pyridine rings is 1. The van der Waals surface area contributed by atoms with Gasteiger partial charge in [-0.25, -0.2) is 4.79 Å². The van der Waals surface area contributed by atoms with Crippen LogP contribution in [0, 0.1) is 5.92 Å². The first-order valence-corrected chi connectivity index (χ1v) is 6.07. The number of hydrogen-bond acceptors (Lipinski definition) is 4. The van der Waals surface area contributed by atoms with E-state index in [-0.39, 0.29) is 17.0 Å². The molecule has 2 atom stereocenters. The summed E-state index contributed by atoms with van der Waals surface area (Å²) < 4.78 is 4.67. The van der Waals surface area contributed by atoms with E-state index in [0.29, 0.717) is 0 Å². The van der Waals surface area contributed by atoms with Crippen molar-refractivity contribution in [2.75, 3.05) is 7.11 Å². The number of hydrogen-bond donors (Lipinski definition) is 2. The summed E-state index contributed by atoms with van der Waals surface area (Å²) in [7, 11) is 1.27. The minimum Gasteiger partial charge on any atom is -0.467 e. The second kappa shape index (κ2) is 6.72. The number of aromatic nitrogens is 1. The molecule has 0 saturated carbocycles. The normalized spacial score (nSPS) is 13.4. The van der Waals surface area contributed by atoms with E-state index in [2.05, 4.69) is 15.0 Å². The van der Waals surface area contributed by atoms with E-state index in [9.17, 15) is 14.4 Å². The van der Waals surface area contributed by atoms with E-state index < -0.39 is 17.9 Å². The van der Waals surface area contributed by atoms with Crippen LogP contribution in [0.2, 0.25) is 0 Å². The minimum atomic E-state index is -0.721. The lowest BCUT2D eigenvalue weighted by Crippen LogP contribution is -2.45. The topological polar surface area (TPSA) is 88.3 Å². The number of nitrogens with one attached hydrogen (secondary N) is 2. The molecule has 1 heterocycles. The molecule has 0 radical (unpaired) electrons. The Morgan fingerprint density at radius 2 is 2.16 bits per heavy atom. The summed E-state index contributed by atoms with van der Waals surface area (Å²) in [6, 6.07) is 1.93. The zero-order valence-electron chi connectivity index (χ0n) is 11.2. The predicted octanol–water partition coefficient (Wildman–Crippen LogP) is 0.692. The molecule has 2 unspecified atom stereocenters. The minimum absolute atomic E-state index is 0.0570. The van der Waals surface area contributed by atoms with Crippen molar-refractivity contribution in [3.05, 3.63) is 34.2 Å². The number of ether oxygens (including phenoxy) is 1. The zero-order chi connectivity index (χ0) is 14.4. The Labute approximate surface area is 111 Å². The van der Waals surface area contributed by atoms with Crippen LogP contribution < -0.4 is 10.9 Å². The molecular formula is C13H18N2O4. The molecule has 0 aliphatic carbocycles. The fourth-order valence-corrected chi connectivity index (χ4v) is 1.61. The summed E-state index contributed by atoms with van der Waals surface area (Å²) in [4.78, 5) is 37.2. The van der Waals surface area contributed by atoms with Gasteiger partial charge in [-0.15, -0.1) is 0 Å². The summed E-state index contributed by atoms with van der Waals surface area (Å²) in [5.41, 5.74) is -0.160. The maximum absolute atomic E-state index is 12.0. The van der Waals surface area contributed by atoms with E-state index in [1.807, 2.05) is 13.8 Å². The van der Waals surface area contributed by atoms with Crippen LogP contribution in [0.5, 0.6) is 0 Å². The van der Waals surface area contributed by atoms with Gasteiger partial charge in [-0.2, -0.15) is 0 Å². The quantitative estimate of drug-likeness (QED) is 0.767. The molecule has 2 N–H and O–H groups in total. The molecule has 1 amide bonds. The molecule has 1 aromatic rings. The van der Waals surface area contributed by atoms with Crippen molar-refractivity contribution >= 4 is 11.9 Å². The highest BCUT2D eigenvalue weighted by molar-refractivity contribution is 5.96. The molecular weight excluding hydrogens is 248 g/mol. The number of aromatic amines is 1. The molecule has 0 spiro atoms. The standard InChI is InChI=1S/C13H18N2O4/c1-4-8(2)11(13(18)19-3)15-12(17)9-5-6-14-10(16)7-9/h5-8,11H,4H2,1-3H3,(H,14,16)(H,15,17). The molecule has 0 saturated heterocycles. The molecule has 0 aliphatic rings. The zero-order valence-corrected chi connectivity index (χ0v) is 11.2. The second-order valence-electron chi connectivity index (χ2n) is 4.30. The van der Waals surface area contributed by atoms with Crippen LogP contribution in [0.25, 0.3) is 0 Å². The number of methoxy groups -OCH3 is 1. The molecule has 1 rings (SSSR count). The summed E-state index contributed by atoms with van der Waals surface area (Å²) in [5.74, 6) is -1.02. The van der Waals surface area contributed by atoms with Crippen LogP contribution >= 0.6 is 0 Å². The molecule has 0 fully saturated rings. The summed E-state index contributed by atoms with van der Waals surface area (Å²) in [6.07, 6.45) is 2.10. The monoisotopic (exact) mass is 266 g/mol. The van der Waals surface area contributed by atoms with Gasteiger partial charge in [0.2, 0.25) is 5.56 Å². The van der Waals surface area contributed by atoms with Gasteiger partial charge in [-0.05, 0) is 12.0 Å². The molecule has 0 aromatic carbocycles. The number of carbonyl (C=O) groups excluding carboxylic acids is 2. The van der Waals surface area contributed by atoms with Crippen LogP contribution in [0.4, 0.5) is 0 Å². The lowest BCUT2D eigenvalue weighted by Gasteiger charge is -2.21. The van der Waals surface area contributed by atoms with Gasteiger partial charge in [0.15, 0.2) is 0 Å². The van der Waals surface area contributed by atoms with E-state index >= 15 is 0 Å². The summed E-state index contributed by atoms with van der Waals surface area (Å²) >= 11 is 0. The van der Waals surface area contributed by atoms with Crippen molar-refractivity contribution in [3.8, 4) is 0 Å². The van der Waals surface area contributed by atoms with Crippen molar-refractivity contribution in [3.63, 3.8) is 0 Å². The third kappa shape index (κ3) is 3.94. The average molecular weight is 266 g/mol. The van der Waals surface area contributed by atoms with Crippen LogP contribution in [0.1, 0.15) is 30.6 Å². The third-order valence-electron chi connectivity index (χ3n) is 2.99. The number of esters is 1. The van der Waals surface area contributed by atoms with Gasteiger partial charge in [0.25, 0.3) is 5.91 Å². The number of H-pyrrole nitrogens is 1. The van der Waals surface area contributed by atoms with Crippen LogP contribution in [-0.4, -0.2) is 30.0 Å². The first kappa shape index (κ1) is 14.9. The highest BCUT2D eigenvalue weighted by atomic mass is 16.5. The van der Waals surface area contributed by atoms with Crippen LogP contribution in [0.15, 0.2) is 23.1 Å². The SMILES string of the molecule is CCC(C)C(NC(=O)c1cc[nH]c(=O)c1)C(=O)OC. The maximum Gasteiger partial charge on any atom is 0.328 e. The van der Waals surface area contributed by atoms with E-state index in [4.69, 9.17) is 0 Å². The molecule has 1 aromatic heterocycles. The number of rotatable bonds is 5. The molecule has 19 heavy (non-hydrogen) atoms. The largest absolute Gasteiger partial charge is 0.467 e. The van der Waals surface area contributed by atoms with Crippen molar-refractivity contribution < 1.29 is 14.3 Å². The second-order valence-corrected chi connectivity index (χ2v) is 4.30. The van der Waals surface area contributed by atoms with Gasteiger partial charge >= 0.3 is 5.97 Å². The Morgan fingerprint density at radius 1 is 1.47 bits per heavy atom. The highest BCUT2D eigenvalue weighted by Gasteiger charge is 2.27. The first-order chi connectivity index (χ1) is 8.99. The Balaban J connectivity index is 2.87. The van der Waals surface area contributed by atoms with Gasteiger partial charge in [-0.3, -0.25) is 9.59 Å². The van der Waals surface area contributed by atoms with Crippen molar-refractivity contribution in [2.45, 2.75) is 26.3 Å². The molecule has 104 valence electrons. The lowest BCUT2D eigenvalue weighted by molar-refractivity contribution is -0.144. The Morgan fingerprint density at radius 3 is 2.68 bits per heavy atom. The lowest BCUT2D eigenvalue weighted by atomic mass is 9.99. The van der Waals surface area contributed by atoms with E-state index in [1.54, 1.807) is 0 Å². The van der Waals surface area contributed by atoms with Crippen molar-refractivity contribution in [2.24, 2.45) is 5.92 Å². The molecule has 0 bridgehead atoms. The third-order valence-corrected chi connectivity index (χ3v) is 2.99. The molecule has 6 heteroatoms. The smallest absolute Gasteiger partial charge is 0.328 e. The van der Waals surface area contributed by atoms with Gasteiger partial charge in [0.05, 0.1) is 7.11 Å². The predicted molar refractivity (Wildman–Crippen MR) is 69.8 cm³/mol. The molecule has 0 aliphatic heterocycles. The van der Waals surface area contributed by atoms with Crippen molar-refractivity contribution in [1.29, 1.82) is 0 Å².